The molecule has 24 heavy (non-hydrogen) atoms. The molecule has 1 saturated heterocycles. The number of halogens is 1. The highest BCUT2D eigenvalue weighted by Gasteiger charge is 2.27. The summed E-state index contributed by atoms with van der Waals surface area (Å²) in [6.45, 7) is 2.95. The number of hydrogen-bond acceptors (Lipinski definition) is 4. The lowest BCUT2D eigenvalue weighted by Crippen LogP contribution is -2.51. The molecule has 2 unspecified atom stereocenters. The molecule has 2 atom stereocenters. The Labute approximate surface area is 149 Å². The van der Waals surface area contributed by atoms with E-state index in [-0.39, 0.29) is 24.5 Å². The summed E-state index contributed by atoms with van der Waals surface area (Å²) in [5.74, 6) is 0.673. The zero-order chi connectivity index (χ0) is 16.4. The Hall–Kier alpha value is -1.34. The minimum atomic E-state index is -3.59. The summed E-state index contributed by atoms with van der Waals surface area (Å²) in [5, 5.41) is 4.79. The first-order chi connectivity index (χ1) is 11.0. The number of piperidine rings is 1. The predicted octanol–water partition coefficient (Wildman–Crippen LogP) is 2.69. The molecule has 1 aliphatic heterocycles. The van der Waals surface area contributed by atoms with E-state index in [1.54, 1.807) is 19.2 Å². The highest BCUT2D eigenvalue weighted by Crippen LogP contribution is 2.31. The third-order valence-electron chi connectivity index (χ3n) is 4.42. The molecule has 0 saturated carbocycles. The van der Waals surface area contributed by atoms with E-state index in [9.17, 15) is 8.42 Å². The van der Waals surface area contributed by atoms with Crippen LogP contribution in [0.25, 0.3) is 10.8 Å². The number of rotatable bonds is 4. The number of hydrogen-bond donors (Lipinski definition) is 2. The lowest BCUT2D eigenvalue weighted by molar-refractivity contribution is 0.349. The van der Waals surface area contributed by atoms with Gasteiger partial charge in [0.25, 0.3) is 0 Å². The minimum Gasteiger partial charge on any atom is -0.496 e. The van der Waals surface area contributed by atoms with E-state index in [1.165, 1.54) is 0 Å². The number of ether oxygens (including phenoxy) is 1. The molecule has 0 aromatic heterocycles. The van der Waals surface area contributed by atoms with E-state index in [1.807, 2.05) is 31.2 Å². The van der Waals surface area contributed by atoms with E-state index in [0.717, 1.165) is 24.8 Å². The van der Waals surface area contributed by atoms with Gasteiger partial charge in [0, 0.05) is 22.9 Å². The average molecular weight is 371 g/mol. The van der Waals surface area contributed by atoms with Gasteiger partial charge < -0.3 is 10.1 Å². The van der Waals surface area contributed by atoms with Crippen LogP contribution in [0.3, 0.4) is 0 Å². The maximum absolute atomic E-state index is 12.9. The summed E-state index contributed by atoms with van der Waals surface area (Å²) in [4.78, 5) is 0.298. The van der Waals surface area contributed by atoms with Crippen molar-refractivity contribution in [3.63, 3.8) is 0 Å². The zero-order valence-electron chi connectivity index (χ0n) is 13.8. The highest BCUT2D eigenvalue weighted by atomic mass is 35.5. The summed E-state index contributed by atoms with van der Waals surface area (Å²) >= 11 is 0. The second-order valence-corrected chi connectivity index (χ2v) is 7.61. The van der Waals surface area contributed by atoms with E-state index in [0.29, 0.717) is 16.0 Å². The van der Waals surface area contributed by atoms with Crippen molar-refractivity contribution in [1.29, 1.82) is 0 Å². The number of methoxy groups -OCH3 is 1. The topological polar surface area (TPSA) is 67.4 Å². The Bertz CT molecular complexity index is 811. The number of nitrogens with one attached hydrogen (secondary N) is 2. The Morgan fingerprint density at radius 3 is 2.54 bits per heavy atom. The molecule has 132 valence electrons. The van der Waals surface area contributed by atoms with Crippen molar-refractivity contribution in [3.8, 4) is 5.75 Å². The van der Waals surface area contributed by atoms with Gasteiger partial charge >= 0.3 is 0 Å². The van der Waals surface area contributed by atoms with Crippen LogP contribution in [0.5, 0.6) is 5.75 Å². The van der Waals surface area contributed by atoms with Gasteiger partial charge in [0.2, 0.25) is 10.0 Å². The predicted molar refractivity (Wildman–Crippen MR) is 98.6 cm³/mol. The molecule has 2 aromatic carbocycles. The molecule has 0 amide bonds. The van der Waals surface area contributed by atoms with Crippen LogP contribution in [0.4, 0.5) is 0 Å². The van der Waals surface area contributed by atoms with Gasteiger partial charge in [-0.3, -0.25) is 0 Å². The van der Waals surface area contributed by atoms with Crippen LogP contribution in [-0.2, 0) is 10.0 Å². The number of fused-ring (bicyclic) bond motifs is 1. The van der Waals surface area contributed by atoms with E-state index < -0.39 is 10.0 Å². The molecule has 1 fully saturated rings. The van der Waals surface area contributed by atoms with Gasteiger partial charge in [-0.15, -0.1) is 12.4 Å². The van der Waals surface area contributed by atoms with Gasteiger partial charge in [0.05, 0.1) is 12.0 Å². The monoisotopic (exact) mass is 370 g/mol. The molecule has 7 heteroatoms. The Kier molecular flexibility index (Phi) is 6.09. The van der Waals surface area contributed by atoms with Crippen LogP contribution in [0.15, 0.2) is 41.3 Å². The molecule has 0 spiro atoms. The molecule has 2 aromatic rings. The molecular weight excluding hydrogens is 348 g/mol. The summed E-state index contributed by atoms with van der Waals surface area (Å²) in [7, 11) is -2.00. The first kappa shape index (κ1) is 19.0. The standard InChI is InChI=1S/C17H22N2O3S.ClH/c1-12-15(8-5-11-18-12)19-23(20,21)17-10-9-16(22-2)13-6-3-4-7-14(13)17;/h3-4,6-7,9-10,12,15,18-19H,5,8,11H2,1-2H3;1H. The summed E-state index contributed by atoms with van der Waals surface area (Å²) in [6.07, 6.45) is 1.82. The number of benzene rings is 2. The normalized spacial score (nSPS) is 21.2. The maximum Gasteiger partial charge on any atom is 0.241 e. The van der Waals surface area contributed by atoms with Crippen molar-refractivity contribution < 1.29 is 13.2 Å². The molecule has 3 rings (SSSR count). The maximum atomic E-state index is 12.9. The third-order valence-corrected chi connectivity index (χ3v) is 5.97. The highest BCUT2D eigenvalue weighted by molar-refractivity contribution is 7.89. The largest absolute Gasteiger partial charge is 0.496 e. The Morgan fingerprint density at radius 1 is 1.17 bits per heavy atom. The average Bonchev–Trinajstić information content (AvgIpc) is 2.55. The molecule has 2 N–H and O–H groups in total. The molecular formula is C17H23ClN2O3S. The fourth-order valence-corrected chi connectivity index (χ4v) is 4.69. The molecule has 0 radical (unpaired) electrons. The van der Waals surface area contributed by atoms with Crippen molar-refractivity contribution in [2.24, 2.45) is 0 Å². The van der Waals surface area contributed by atoms with Crippen LogP contribution in [-0.4, -0.2) is 34.2 Å². The fraction of sp³-hybridized carbons (Fsp3) is 0.412. The zero-order valence-corrected chi connectivity index (χ0v) is 15.4. The summed E-state index contributed by atoms with van der Waals surface area (Å²) in [5.41, 5.74) is 0. The lowest BCUT2D eigenvalue weighted by atomic mass is 10.0. The quantitative estimate of drug-likeness (QED) is 0.868. The molecule has 5 nitrogen and oxygen atoms in total. The van der Waals surface area contributed by atoms with Gasteiger partial charge in [-0.25, -0.2) is 13.1 Å². The van der Waals surface area contributed by atoms with Crippen LogP contribution in [0.1, 0.15) is 19.8 Å². The Morgan fingerprint density at radius 2 is 1.88 bits per heavy atom. The van der Waals surface area contributed by atoms with Gasteiger partial charge in [-0.2, -0.15) is 0 Å². The van der Waals surface area contributed by atoms with E-state index >= 15 is 0 Å². The number of sulfonamides is 1. The first-order valence-electron chi connectivity index (χ1n) is 7.84. The first-order valence-corrected chi connectivity index (χ1v) is 9.32. The molecule has 1 aliphatic rings. The van der Waals surface area contributed by atoms with Crippen LogP contribution in [0, 0.1) is 0 Å². The van der Waals surface area contributed by atoms with Crippen molar-refractivity contribution in [3.05, 3.63) is 36.4 Å². The van der Waals surface area contributed by atoms with Gasteiger partial charge in [-0.1, -0.05) is 24.3 Å². The lowest BCUT2D eigenvalue weighted by Gasteiger charge is -2.30. The van der Waals surface area contributed by atoms with Crippen molar-refractivity contribution in [2.45, 2.75) is 36.7 Å². The van der Waals surface area contributed by atoms with Crippen molar-refractivity contribution in [1.82, 2.24) is 10.0 Å². The molecule has 0 bridgehead atoms. The molecule has 0 aliphatic carbocycles. The fourth-order valence-electron chi connectivity index (χ4n) is 3.12. The molecule has 1 heterocycles. The van der Waals surface area contributed by atoms with Gasteiger partial charge in [0.15, 0.2) is 0 Å². The summed E-state index contributed by atoms with van der Waals surface area (Å²) < 4.78 is 34.0. The van der Waals surface area contributed by atoms with E-state index in [4.69, 9.17) is 4.74 Å². The van der Waals surface area contributed by atoms with Crippen LogP contribution >= 0.6 is 12.4 Å². The SMILES string of the molecule is COc1ccc(S(=O)(=O)NC2CCCNC2C)c2ccccc12.Cl. The van der Waals surface area contributed by atoms with Crippen molar-refractivity contribution >= 4 is 33.2 Å². The van der Waals surface area contributed by atoms with Gasteiger partial charge in [-0.05, 0) is 38.4 Å². The third kappa shape index (κ3) is 3.67. The smallest absolute Gasteiger partial charge is 0.241 e. The van der Waals surface area contributed by atoms with Crippen LogP contribution < -0.4 is 14.8 Å². The summed E-state index contributed by atoms with van der Waals surface area (Å²) in [6, 6.07) is 10.8. The van der Waals surface area contributed by atoms with Crippen molar-refractivity contribution in [2.75, 3.05) is 13.7 Å². The van der Waals surface area contributed by atoms with E-state index in [2.05, 4.69) is 10.0 Å². The Balaban J connectivity index is 0.00000208. The minimum absolute atomic E-state index is 0. The van der Waals surface area contributed by atoms with Gasteiger partial charge in [0.1, 0.15) is 5.75 Å². The van der Waals surface area contributed by atoms with Crippen LogP contribution in [0.2, 0.25) is 0 Å². The second kappa shape index (κ2) is 7.70. The second-order valence-electron chi connectivity index (χ2n) is 5.92.